The van der Waals surface area contributed by atoms with Crippen molar-refractivity contribution in [1.82, 2.24) is 5.32 Å². The molecule has 0 aromatic rings. The highest BCUT2D eigenvalue weighted by Gasteiger charge is 2.20. The van der Waals surface area contributed by atoms with Crippen molar-refractivity contribution in [2.75, 3.05) is 18.6 Å². The minimum absolute atomic E-state index is 0.133. The van der Waals surface area contributed by atoms with E-state index in [1.165, 1.54) is 7.11 Å². The minimum atomic E-state index is -0.620. The van der Waals surface area contributed by atoms with E-state index in [1.54, 1.807) is 0 Å². The van der Waals surface area contributed by atoms with Crippen molar-refractivity contribution < 1.29 is 13.7 Å². The van der Waals surface area contributed by atoms with Gasteiger partial charge in [0.1, 0.15) is 0 Å². The van der Waals surface area contributed by atoms with E-state index in [0.29, 0.717) is 12.5 Å². The van der Waals surface area contributed by atoms with Crippen LogP contribution < -0.4 is 5.32 Å². The molecular weight excluding hydrogens is 214 g/mol. The number of nitrogens with one attached hydrogen (secondary N) is 1. The number of carbonyl (C=O) groups is 1. The molecule has 0 aliphatic carbocycles. The normalized spacial score (nSPS) is 28.4. The van der Waals surface area contributed by atoms with Crippen molar-refractivity contribution in [2.24, 2.45) is 0 Å². The molecule has 1 N–H and O–H groups in total. The summed E-state index contributed by atoms with van der Waals surface area (Å²) in [6.07, 6.45) is 2.28. The van der Waals surface area contributed by atoms with Gasteiger partial charge in [-0.25, -0.2) is 0 Å². The van der Waals surface area contributed by atoms with Crippen LogP contribution in [0.1, 0.15) is 26.2 Å². The summed E-state index contributed by atoms with van der Waals surface area (Å²) in [5.41, 5.74) is 0. The SMILES string of the molecule is COC(=O)CC(C)NC1CCS(=O)CC1. The number of rotatable bonds is 4. The van der Waals surface area contributed by atoms with Gasteiger partial charge in [0.2, 0.25) is 0 Å². The minimum Gasteiger partial charge on any atom is -0.469 e. The number of hydrogen-bond donors (Lipinski definition) is 1. The maximum Gasteiger partial charge on any atom is 0.307 e. The average Bonchev–Trinajstić information content (AvgIpc) is 2.21. The molecule has 0 saturated carbocycles. The molecule has 1 aliphatic heterocycles. The zero-order valence-corrected chi connectivity index (χ0v) is 10.1. The van der Waals surface area contributed by atoms with Gasteiger partial charge in [-0.2, -0.15) is 0 Å². The fourth-order valence-corrected chi connectivity index (χ4v) is 3.05. The molecule has 1 aliphatic rings. The van der Waals surface area contributed by atoms with E-state index in [1.807, 2.05) is 6.92 Å². The summed E-state index contributed by atoms with van der Waals surface area (Å²) < 4.78 is 15.7. The van der Waals surface area contributed by atoms with Crippen molar-refractivity contribution >= 4 is 16.8 Å². The number of hydrogen-bond acceptors (Lipinski definition) is 4. The van der Waals surface area contributed by atoms with E-state index in [4.69, 9.17) is 0 Å². The number of esters is 1. The van der Waals surface area contributed by atoms with Gasteiger partial charge in [0.15, 0.2) is 0 Å². The lowest BCUT2D eigenvalue weighted by Crippen LogP contribution is -2.41. The van der Waals surface area contributed by atoms with Gasteiger partial charge in [-0.15, -0.1) is 0 Å². The first-order chi connectivity index (χ1) is 7.11. The molecule has 1 fully saturated rings. The Kier molecular flexibility index (Phi) is 5.25. The monoisotopic (exact) mass is 233 g/mol. The molecule has 1 saturated heterocycles. The van der Waals surface area contributed by atoms with E-state index in [0.717, 1.165) is 24.3 Å². The molecule has 1 heterocycles. The van der Waals surface area contributed by atoms with Gasteiger partial charge >= 0.3 is 5.97 Å². The second-order valence-corrected chi connectivity index (χ2v) is 5.67. The van der Waals surface area contributed by atoms with Crippen LogP contribution in [0.25, 0.3) is 0 Å². The Balaban J connectivity index is 2.23. The smallest absolute Gasteiger partial charge is 0.307 e. The summed E-state index contributed by atoms with van der Waals surface area (Å²) in [5.74, 6) is 1.37. The van der Waals surface area contributed by atoms with Gasteiger partial charge in [-0.3, -0.25) is 9.00 Å². The van der Waals surface area contributed by atoms with Crippen LogP contribution in [0.5, 0.6) is 0 Å². The van der Waals surface area contributed by atoms with Crippen LogP contribution in [0.3, 0.4) is 0 Å². The van der Waals surface area contributed by atoms with Crippen LogP contribution in [-0.4, -0.2) is 40.9 Å². The van der Waals surface area contributed by atoms with Crippen LogP contribution in [0.4, 0.5) is 0 Å². The third kappa shape index (κ3) is 4.75. The first-order valence-corrected chi connectivity index (χ1v) is 6.78. The van der Waals surface area contributed by atoms with Gasteiger partial charge < -0.3 is 10.1 Å². The number of carbonyl (C=O) groups excluding carboxylic acids is 1. The largest absolute Gasteiger partial charge is 0.469 e. The Labute approximate surface area is 93.2 Å². The maximum atomic E-state index is 11.1. The molecule has 0 amide bonds. The highest BCUT2D eigenvalue weighted by molar-refractivity contribution is 7.85. The van der Waals surface area contributed by atoms with Crippen molar-refractivity contribution in [3.8, 4) is 0 Å². The molecule has 0 radical (unpaired) electrons. The van der Waals surface area contributed by atoms with Crippen LogP contribution >= 0.6 is 0 Å². The predicted molar refractivity (Wildman–Crippen MR) is 60.1 cm³/mol. The summed E-state index contributed by atoms with van der Waals surface area (Å²) >= 11 is 0. The molecule has 0 aromatic heterocycles. The fourth-order valence-electron chi connectivity index (χ4n) is 1.76. The molecule has 1 rings (SSSR count). The fraction of sp³-hybridized carbons (Fsp3) is 0.900. The Morgan fingerprint density at radius 1 is 1.53 bits per heavy atom. The Morgan fingerprint density at radius 2 is 2.13 bits per heavy atom. The highest BCUT2D eigenvalue weighted by Crippen LogP contribution is 2.10. The molecule has 1 atom stereocenters. The predicted octanol–water partition coefficient (Wildman–Crippen LogP) is 0.439. The lowest BCUT2D eigenvalue weighted by molar-refractivity contribution is -0.141. The first kappa shape index (κ1) is 12.6. The van der Waals surface area contributed by atoms with Crippen LogP contribution in [0.15, 0.2) is 0 Å². The topological polar surface area (TPSA) is 55.4 Å². The molecule has 5 heteroatoms. The lowest BCUT2D eigenvalue weighted by atomic mass is 10.1. The summed E-state index contributed by atoms with van der Waals surface area (Å²) in [5, 5.41) is 3.37. The zero-order valence-electron chi connectivity index (χ0n) is 9.32. The van der Waals surface area contributed by atoms with Crippen molar-refractivity contribution in [1.29, 1.82) is 0 Å². The Hall–Kier alpha value is -0.420. The Bertz CT molecular complexity index is 235. The van der Waals surface area contributed by atoms with E-state index < -0.39 is 10.8 Å². The number of ether oxygens (including phenoxy) is 1. The summed E-state index contributed by atoms with van der Waals surface area (Å²) in [6.45, 7) is 1.97. The van der Waals surface area contributed by atoms with E-state index >= 15 is 0 Å². The zero-order chi connectivity index (χ0) is 11.3. The molecule has 88 valence electrons. The van der Waals surface area contributed by atoms with Gasteiger partial charge in [0, 0.05) is 34.4 Å². The second kappa shape index (κ2) is 6.23. The van der Waals surface area contributed by atoms with Gasteiger partial charge in [0.25, 0.3) is 0 Å². The molecular formula is C10H19NO3S. The lowest BCUT2D eigenvalue weighted by Gasteiger charge is -2.25. The van der Waals surface area contributed by atoms with Crippen molar-refractivity contribution in [3.63, 3.8) is 0 Å². The van der Waals surface area contributed by atoms with Crippen molar-refractivity contribution in [2.45, 2.75) is 38.3 Å². The molecule has 0 aromatic carbocycles. The van der Waals surface area contributed by atoms with Gasteiger partial charge in [-0.05, 0) is 19.8 Å². The summed E-state index contributed by atoms with van der Waals surface area (Å²) in [6, 6.07) is 0.538. The molecule has 0 spiro atoms. The molecule has 1 unspecified atom stereocenters. The second-order valence-electron chi connectivity index (χ2n) is 3.97. The van der Waals surface area contributed by atoms with Crippen LogP contribution in [0, 0.1) is 0 Å². The van der Waals surface area contributed by atoms with Crippen LogP contribution in [-0.2, 0) is 20.3 Å². The quantitative estimate of drug-likeness (QED) is 0.716. The van der Waals surface area contributed by atoms with E-state index in [2.05, 4.69) is 10.1 Å². The third-order valence-electron chi connectivity index (χ3n) is 2.61. The standard InChI is InChI=1S/C10H19NO3S/c1-8(7-10(12)14-2)11-9-3-5-15(13)6-4-9/h8-9,11H,3-7H2,1-2H3. The third-order valence-corrected chi connectivity index (χ3v) is 3.99. The van der Waals surface area contributed by atoms with Gasteiger partial charge in [0.05, 0.1) is 13.5 Å². The highest BCUT2D eigenvalue weighted by atomic mass is 32.2. The average molecular weight is 233 g/mol. The summed E-state index contributed by atoms with van der Waals surface area (Å²) in [4.78, 5) is 11.0. The van der Waals surface area contributed by atoms with E-state index in [-0.39, 0.29) is 12.0 Å². The van der Waals surface area contributed by atoms with Crippen LogP contribution in [0.2, 0.25) is 0 Å². The molecule has 4 nitrogen and oxygen atoms in total. The van der Waals surface area contributed by atoms with Gasteiger partial charge in [-0.1, -0.05) is 0 Å². The summed E-state index contributed by atoms with van der Waals surface area (Å²) in [7, 11) is 0.782. The number of methoxy groups -OCH3 is 1. The van der Waals surface area contributed by atoms with E-state index in [9.17, 15) is 9.00 Å². The first-order valence-electron chi connectivity index (χ1n) is 5.29. The molecule has 0 bridgehead atoms. The maximum absolute atomic E-state index is 11.1. The molecule has 15 heavy (non-hydrogen) atoms. The van der Waals surface area contributed by atoms with Crippen molar-refractivity contribution in [3.05, 3.63) is 0 Å². The Morgan fingerprint density at radius 3 is 2.67 bits per heavy atom.